The van der Waals surface area contributed by atoms with Gasteiger partial charge in [0.15, 0.2) is 0 Å². The van der Waals surface area contributed by atoms with Crippen LogP contribution in [0, 0.1) is 0 Å². The van der Waals surface area contributed by atoms with Gasteiger partial charge in [0.05, 0.1) is 10.6 Å². The highest BCUT2D eigenvalue weighted by Gasteiger charge is 2.19. The highest BCUT2D eigenvalue weighted by molar-refractivity contribution is 9.10. The van der Waals surface area contributed by atoms with E-state index in [9.17, 15) is 0 Å². The number of halogens is 3. The summed E-state index contributed by atoms with van der Waals surface area (Å²) < 4.78 is 6.04. The van der Waals surface area contributed by atoms with Crippen molar-refractivity contribution in [3.63, 3.8) is 0 Å². The summed E-state index contributed by atoms with van der Waals surface area (Å²) in [5, 5.41) is 5.22. The molecule has 0 aliphatic rings. The Labute approximate surface area is 139 Å². The van der Waals surface area contributed by atoms with Gasteiger partial charge in [0, 0.05) is 15.1 Å². The molecule has 0 aliphatic carbocycles. The lowest BCUT2D eigenvalue weighted by molar-refractivity contribution is 0.439. The van der Waals surface area contributed by atoms with Crippen LogP contribution in [0.4, 0.5) is 5.88 Å². The second-order valence-corrected chi connectivity index (χ2v) is 6.16. The van der Waals surface area contributed by atoms with Crippen LogP contribution >= 0.6 is 39.1 Å². The molecule has 2 aromatic carbocycles. The number of nitrogens with two attached hydrogens (primary N) is 1. The molecule has 0 amide bonds. The van der Waals surface area contributed by atoms with Gasteiger partial charge < -0.3 is 10.3 Å². The lowest BCUT2D eigenvalue weighted by atomic mass is 10.0. The highest BCUT2D eigenvalue weighted by Crippen LogP contribution is 2.40. The van der Waals surface area contributed by atoms with Crippen LogP contribution < -0.4 is 5.73 Å². The van der Waals surface area contributed by atoms with Gasteiger partial charge in [0.25, 0.3) is 0 Å². The van der Waals surface area contributed by atoms with Crippen LogP contribution in [0.2, 0.25) is 10.0 Å². The molecule has 6 heteroatoms. The van der Waals surface area contributed by atoms with E-state index in [0.29, 0.717) is 21.3 Å². The fourth-order valence-corrected chi connectivity index (χ4v) is 2.85. The first-order chi connectivity index (χ1) is 10.1. The fourth-order valence-electron chi connectivity index (χ4n) is 2.09. The minimum atomic E-state index is 0.225. The molecule has 106 valence electrons. The molecule has 0 fully saturated rings. The lowest BCUT2D eigenvalue weighted by Gasteiger charge is -2.06. The molecule has 21 heavy (non-hydrogen) atoms. The summed E-state index contributed by atoms with van der Waals surface area (Å²) >= 11 is 15.7. The van der Waals surface area contributed by atoms with Crippen LogP contribution in [-0.2, 0) is 0 Å². The molecule has 0 radical (unpaired) electrons. The molecule has 0 bridgehead atoms. The molecule has 2 N–H and O–H groups in total. The Morgan fingerprint density at radius 3 is 2.67 bits per heavy atom. The molecule has 1 aromatic heterocycles. The number of aromatic nitrogens is 1. The summed E-state index contributed by atoms with van der Waals surface area (Å²) in [5.41, 5.74) is 8.75. The van der Waals surface area contributed by atoms with E-state index >= 15 is 0 Å². The third kappa shape index (κ3) is 2.79. The van der Waals surface area contributed by atoms with Crippen molar-refractivity contribution in [1.29, 1.82) is 0 Å². The van der Waals surface area contributed by atoms with Crippen LogP contribution in [0.15, 0.2) is 51.5 Å². The summed E-state index contributed by atoms with van der Waals surface area (Å²) in [5.74, 6) is 0.225. The monoisotopic (exact) mass is 382 g/mol. The Morgan fingerprint density at radius 2 is 1.90 bits per heavy atom. The van der Waals surface area contributed by atoms with Crippen LogP contribution in [-0.4, -0.2) is 5.16 Å². The molecule has 0 saturated heterocycles. The van der Waals surface area contributed by atoms with Gasteiger partial charge in [0.1, 0.15) is 5.69 Å². The normalized spacial score (nSPS) is 10.8. The van der Waals surface area contributed by atoms with Crippen molar-refractivity contribution in [1.82, 2.24) is 5.16 Å². The zero-order chi connectivity index (χ0) is 15.0. The van der Waals surface area contributed by atoms with Gasteiger partial charge in [0.2, 0.25) is 5.88 Å². The molecule has 0 saturated carbocycles. The largest absolute Gasteiger partial charge is 0.367 e. The number of rotatable bonds is 2. The van der Waals surface area contributed by atoms with Gasteiger partial charge in [-0.05, 0) is 35.9 Å². The van der Waals surface area contributed by atoms with E-state index in [-0.39, 0.29) is 5.88 Å². The average molecular weight is 384 g/mol. The molecular formula is C15H9BrCl2N2O. The van der Waals surface area contributed by atoms with Gasteiger partial charge >= 0.3 is 0 Å². The van der Waals surface area contributed by atoms with Crippen LogP contribution in [0.5, 0.6) is 0 Å². The Bertz CT molecular complexity index is 817. The van der Waals surface area contributed by atoms with E-state index < -0.39 is 0 Å². The van der Waals surface area contributed by atoms with E-state index in [1.807, 2.05) is 24.3 Å². The first-order valence-electron chi connectivity index (χ1n) is 6.03. The zero-order valence-electron chi connectivity index (χ0n) is 10.6. The molecule has 3 rings (SSSR count). The lowest BCUT2D eigenvalue weighted by Crippen LogP contribution is -1.88. The third-order valence-electron chi connectivity index (χ3n) is 3.02. The van der Waals surface area contributed by atoms with Crippen LogP contribution in [0.25, 0.3) is 22.4 Å². The van der Waals surface area contributed by atoms with E-state index in [1.54, 1.807) is 18.2 Å². The average Bonchev–Trinajstić information content (AvgIpc) is 2.83. The second kappa shape index (κ2) is 5.72. The van der Waals surface area contributed by atoms with Crippen molar-refractivity contribution in [2.45, 2.75) is 0 Å². The number of nitrogen functional groups attached to an aromatic ring is 1. The Morgan fingerprint density at radius 1 is 1.10 bits per heavy atom. The first kappa shape index (κ1) is 14.4. The Kier molecular flexibility index (Phi) is 3.93. The van der Waals surface area contributed by atoms with Crippen molar-refractivity contribution in [3.05, 3.63) is 57.0 Å². The van der Waals surface area contributed by atoms with Crippen molar-refractivity contribution in [3.8, 4) is 22.4 Å². The van der Waals surface area contributed by atoms with Crippen LogP contribution in [0.1, 0.15) is 0 Å². The maximum absolute atomic E-state index is 6.26. The number of hydrogen-bond donors (Lipinski definition) is 1. The molecule has 0 atom stereocenters. The minimum absolute atomic E-state index is 0.225. The first-order valence-corrected chi connectivity index (χ1v) is 7.57. The minimum Gasteiger partial charge on any atom is -0.367 e. The SMILES string of the molecule is Nc1onc(-c2cc(Br)ccc2Cl)c1-c1cccc(Cl)c1. The van der Waals surface area contributed by atoms with Crippen molar-refractivity contribution >= 4 is 45.0 Å². The molecule has 0 aliphatic heterocycles. The van der Waals surface area contributed by atoms with Crippen LogP contribution in [0.3, 0.4) is 0 Å². The van der Waals surface area contributed by atoms with Gasteiger partial charge in [-0.1, -0.05) is 56.4 Å². The van der Waals surface area contributed by atoms with E-state index in [4.69, 9.17) is 33.5 Å². The summed E-state index contributed by atoms with van der Waals surface area (Å²) in [4.78, 5) is 0. The van der Waals surface area contributed by atoms with Crippen molar-refractivity contribution < 1.29 is 4.52 Å². The quantitative estimate of drug-likeness (QED) is 0.621. The predicted octanol–water partition coefficient (Wildman–Crippen LogP) is 5.66. The molecule has 1 heterocycles. The van der Waals surface area contributed by atoms with E-state index in [0.717, 1.165) is 15.6 Å². The summed E-state index contributed by atoms with van der Waals surface area (Å²) in [6.07, 6.45) is 0. The molecule has 0 unspecified atom stereocenters. The molecule has 0 spiro atoms. The number of hydrogen-bond acceptors (Lipinski definition) is 3. The topological polar surface area (TPSA) is 52.0 Å². The van der Waals surface area contributed by atoms with Gasteiger partial charge in [-0.25, -0.2) is 0 Å². The number of anilines is 1. The molecular weight excluding hydrogens is 375 g/mol. The van der Waals surface area contributed by atoms with Crippen molar-refractivity contribution in [2.75, 3.05) is 5.73 Å². The zero-order valence-corrected chi connectivity index (χ0v) is 13.7. The van der Waals surface area contributed by atoms with E-state index in [2.05, 4.69) is 21.1 Å². The standard InChI is InChI=1S/C15H9BrCl2N2O/c16-9-4-5-12(18)11(7-9)14-13(15(19)21-20-14)8-2-1-3-10(17)6-8/h1-7H,19H2. The third-order valence-corrected chi connectivity index (χ3v) is 4.07. The maximum atomic E-state index is 6.26. The predicted molar refractivity (Wildman–Crippen MR) is 89.5 cm³/mol. The summed E-state index contributed by atoms with van der Waals surface area (Å²) in [7, 11) is 0. The summed E-state index contributed by atoms with van der Waals surface area (Å²) in [6, 6.07) is 12.8. The summed E-state index contributed by atoms with van der Waals surface area (Å²) in [6.45, 7) is 0. The smallest absolute Gasteiger partial charge is 0.230 e. The van der Waals surface area contributed by atoms with E-state index in [1.165, 1.54) is 0 Å². The number of benzene rings is 2. The highest BCUT2D eigenvalue weighted by atomic mass is 79.9. The number of nitrogens with zero attached hydrogens (tertiary/aromatic N) is 1. The Hall–Kier alpha value is -1.49. The second-order valence-electron chi connectivity index (χ2n) is 4.40. The van der Waals surface area contributed by atoms with Gasteiger partial charge in [-0.2, -0.15) is 0 Å². The fraction of sp³-hybridized carbons (Fsp3) is 0. The Balaban J connectivity index is 2.24. The van der Waals surface area contributed by atoms with Crippen molar-refractivity contribution in [2.24, 2.45) is 0 Å². The van der Waals surface area contributed by atoms with Gasteiger partial charge in [-0.3, -0.25) is 0 Å². The molecule has 3 nitrogen and oxygen atoms in total. The molecule has 3 aromatic rings. The maximum Gasteiger partial charge on any atom is 0.230 e. The van der Waals surface area contributed by atoms with Gasteiger partial charge in [-0.15, -0.1) is 0 Å².